The van der Waals surface area contributed by atoms with Crippen LogP contribution in [-0.4, -0.2) is 12.2 Å². The molecular weight excluding hydrogens is 236 g/mol. The van der Waals surface area contributed by atoms with Gasteiger partial charge in [0.15, 0.2) is 0 Å². The van der Waals surface area contributed by atoms with E-state index in [4.69, 9.17) is 4.74 Å². The zero-order valence-corrected chi connectivity index (χ0v) is 11.9. The molecule has 0 heterocycles. The van der Waals surface area contributed by atoms with Gasteiger partial charge in [0, 0.05) is 5.56 Å². The summed E-state index contributed by atoms with van der Waals surface area (Å²) in [5.41, 5.74) is 5.06. The zero-order chi connectivity index (χ0) is 14.0. The molecule has 1 unspecified atom stereocenters. The molecule has 0 aliphatic carbocycles. The van der Waals surface area contributed by atoms with Crippen molar-refractivity contribution >= 4 is 0 Å². The van der Waals surface area contributed by atoms with Crippen LogP contribution in [0.1, 0.15) is 33.9 Å². The molecule has 0 aliphatic heterocycles. The van der Waals surface area contributed by atoms with Gasteiger partial charge in [-0.05, 0) is 43.5 Å². The Morgan fingerprint density at radius 2 is 1.74 bits per heavy atom. The van der Waals surface area contributed by atoms with E-state index in [9.17, 15) is 5.11 Å². The molecule has 0 aromatic heterocycles. The van der Waals surface area contributed by atoms with Crippen LogP contribution in [0.5, 0.6) is 5.75 Å². The van der Waals surface area contributed by atoms with Crippen molar-refractivity contribution in [3.8, 4) is 5.75 Å². The highest BCUT2D eigenvalue weighted by atomic mass is 16.5. The average molecular weight is 256 g/mol. The summed E-state index contributed by atoms with van der Waals surface area (Å²) in [6.45, 7) is 6.05. The Morgan fingerprint density at radius 1 is 1.00 bits per heavy atom. The lowest BCUT2D eigenvalue weighted by molar-refractivity contribution is 0.214. The molecule has 2 rings (SSSR count). The minimum Gasteiger partial charge on any atom is -0.496 e. The first-order valence-electron chi connectivity index (χ1n) is 6.42. The molecule has 2 aromatic carbocycles. The molecule has 0 spiro atoms. The van der Waals surface area contributed by atoms with Gasteiger partial charge in [0.1, 0.15) is 11.9 Å². The topological polar surface area (TPSA) is 29.5 Å². The molecular formula is C17H20O2. The number of hydrogen-bond acceptors (Lipinski definition) is 2. The van der Waals surface area contributed by atoms with Crippen LogP contribution >= 0.6 is 0 Å². The highest BCUT2D eigenvalue weighted by molar-refractivity contribution is 5.47. The minimum absolute atomic E-state index is 0.657. The summed E-state index contributed by atoms with van der Waals surface area (Å²) < 4.78 is 5.42. The Labute approximate surface area is 114 Å². The minimum atomic E-state index is -0.657. The van der Waals surface area contributed by atoms with Gasteiger partial charge in [0.25, 0.3) is 0 Å². The van der Waals surface area contributed by atoms with Crippen LogP contribution in [0, 0.1) is 20.8 Å². The fraction of sp³-hybridized carbons (Fsp3) is 0.294. The largest absolute Gasteiger partial charge is 0.496 e. The maximum Gasteiger partial charge on any atom is 0.125 e. The molecule has 0 saturated heterocycles. The van der Waals surface area contributed by atoms with Gasteiger partial charge >= 0.3 is 0 Å². The number of rotatable bonds is 3. The van der Waals surface area contributed by atoms with Crippen LogP contribution < -0.4 is 4.74 Å². The molecule has 1 N–H and O–H groups in total. The highest BCUT2D eigenvalue weighted by Crippen LogP contribution is 2.33. The third-order valence-corrected chi connectivity index (χ3v) is 3.34. The predicted molar refractivity (Wildman–Crippen MR) is 77.7 cm³/mol. The Bertz CT molecular complexity index is 588. The van der Waals surface area contributed by atoms with Gasteiger partial charge in [0.05, 0.1) is 7.11 Å². The van der Waals surface area contributed by atoms with Gasteiger partial charge in [-0.2, -0.15) is 0 Å². The Balaban J connectivity index is 2.52. The maximum absolute atomic E-state index is 10.6. The van der Waals surface area contributed by atoms with Gasteiger partial charge in [-0.1, -0.05) is 35.9 Å². The monoisotopic (exact) mass is 256 g/mol. The third-order valence-electron chi connectivity index (χ3n) is 3.34. The average Bonchev–Trinajstić information content (AvgIpc) is 2.37. The lowest BCUT2D eigenvalue weighted by atomic mass is 9.94. The molecule has 0 bridgehead atoms. The van der Waals surface area contributed by atoms with Crippen LogP contribution in [0.15, 0.2) is 36.4 Å². The number of aryl methyl sites for hydroxylation is 3. The molecule has 0 saturated carbocycles. The van der Waals surface area contributed by atoms with Gasteiger partial charge in [-0.15, -0.1) is 0 Å². The number of benzene rings is 2. The fourth-order valence-electron chi connectivity index (χ4n) is 2.47. The van der Waals surface area contributed by atoms with E-state index in [1.807, 2.05) is 51.1 Å². The summed E-state index contributed by atoms with van der Waals surface area (Å²) in [4.78, 5) is 0. The van der Waals surface area contributed by atoms with Crippen molar-refractivity contribution in [1.29, 1.82) is 0 Å². The highest BCUT2D eigenvalue weighted by Gasteiger charge is 2.18. The van der Waals surface area contributed by atoms with Crippen molar-refractivity contribution in [2.75, 3.05) is 7.11 Å². The van der Waals surface area contributed by atoms with E-state index < -0.39 is 6.10 Å². The molecule has 19 heavy (non-hydrogen) atoms. The van der Waals surface area contributed by atoms with Gasteiger partial charge in [-0.3, -0.25) is 0 Å². The molecule has 0 fully saturated rings. The van der Waals surface area contributed by atoms with Crippen molar-refractivity contribution < 1.29 is 9.84 Å². The second-order valence-corrected chi connectivity index (χ2v) is 5.01. The van der Waals surface area contributed by atoms with Gasteiger partial charge in [-0.25, -0.2) is 0 Å². The van der Waals surface area contributed by atoms with E-state index in [1.54, 1.807) is 7.11 Å². The van der Waals surface area contributed by atoms with Crippen LogP contribution in [-0.2, 0) is 0 Å². The predicted octanol–water partition coefficient (Wildman–Crippen LogP) is 3.70. The SMILES string of the molecule is COc1cc(C)cc(C)c1C(O)c1cccc(C)c1. The molecule has 100 valence electrons. The van der Waals surface area contributed by atoms with E-state index >= 15 is 0 Å². The van der Waals surface area contributed by atoms with Gasteiger partial charge in [0.2, 0.25) is 0 Å². The number of aliphatic hydroxyl groups is 1. The zero-order valence-electron chi connectivity index (χ0n) is 11.9. The van der Waals surface area contributed by atoms with E-state index in [-0.39, 0.29) is 0 Å². The quantitative estimate of drug-likeness (QED) is 0.907. The van der Waals surface area contributed by atoms with Crippen molar-refractivity contribution in [3.63, 3.8) is 0 Å². The van der Waals surface area contributed by atoms with Crippen molar-refractivity contribution in [3.05, 3.63) is 64.2 Å². The first-order chi connectivity index (χ1) is 9.02. The van der Waals surface area contributed by atoms with E-state index in [1.165, 1.54) is 0 Å². The van der Waals surface area contributed by atoms with Crippen LogP contribution in [0.2, 0.25) is 0 Å². The lowest BCUT2D eigenvalue weighted by Gasteiger charge is -2.19. The molecule has 2 nitrogen and oxygen atoms in total. The molecule has 0 amide bonds. The Hall–Kier alpha value is -1.80. The van der Waals surface area contributed by atoms with E-state index in [2.05, 4.69) is 6.07 Å². The summed E-state index contributed by atoms with van der Waals surface area (Å²) in [6, 6.07) is 12.0. The standard InChI is InChI=1S/C17H20O2/c1-11-6-5-7-14(9-11)17(18)16-13(3)8-12(2)10-15(16)19-4/h5-10,17-18H,1-4H3. The number of methoxy groups -OCH3 is 1. The van der Waals surface area contributed by atoms with Crippen molar-refractivity contribution in [2.24, 2.45) is 0 Å². The number of hydrogen-bond donors (Lipinski definition) is 1. The van der Waals surface area contributed by atoms with Crippen LogP contribution in [0.4, 0.5) is 0 Å². The second-order valence-electron chi connectivity index (χ2n) is 5.01. The summed E-state index contributed by atoms with van der Waals surface area (Å²) in [6.07, 6.45) is -0.657. The Morgan fingerprint density at radius 3 is 2.37 bits per heavy atom. The molecule has 2 heteroatoms. The van der Waals surface area contributed by atoms with Crippen LogP contribution in [0.3, 0.4) is 0 Å². The molecule has 0 aliphatic rings. The van der Waals surface area contributed by atoms with Crippen LogP contribution in [0.25, 0.3) is 0 Å². The maximum atomic E-state index is 10.6. The summed E-state index contributed by atoms with van der Waals surface area (Å²) in [7, 11) is 1.64. The molecule has 1 atom stereocenters. The Kier molecular flexibility index (Phi) is 3.91. The summed E-state index contributed by atoms with van der Waals surface area (Å²) >= 11 is 0. The van der Waals surface area contributed by atoms with Crippen molar-refractivity contribution in [1.82, 2.24) is 0 Å². The second kappa shape index (κ2) is 5.45. The number of ether oxygens (including phenoxy) is 1. The fourth-order valence-corrected chi connectivity index (χ4v) is 2.47. The van der Waals surface area contributed by atoms with Crippen molar-refractivity contribution in [2.45, 2.75) is 26.9 Å². The summed E-state index contributed by atoms with van der Waals surface area (Å²) in [5.74, 6) is 0.742. The van der Waals surface area contributed by atoms with E-state index in [0.717, 1.165) is 33.6 Å². The van der Waals surface area contributed by atoms with Gasteiger partial charge < -0.3 is 9.84 Å². The molecule has 0 radical (unpaired) electrons. The van der Waals surface area contributed by atoms with E-state index in [0.29, 0.717) is 0 Å². The number of aliphatic hydroxyl groups excluding tert-OH is 1. The first kappa shape index (κ1) is 13.6. The molecule has 2 aromatic rings. The first-order valence-corrected chi connectivity index (χ1v) is 6.42. The third kappa shape index (κ3) is 2.79. The normalized spacial score (nSPS) is 12.3. The summed E-state index contributed by atoms with van der Waals surface area (Å²) in [5, 5.41) is 10.6. The smallest absolute Gasteiger partial charge is 0.125 e. The lowest BCUT2D eigenvalue weighted by Crippen LogP contribution is -2.05.